The van der Waals surface area contributed by atoms with Crippen LogP contribution in [0.3, 0.4) is 0 Å². The first-order chi connectivity index (χ1) is 18.8. The number of pyridine rings is 1. The minimum Gasteiger partial charge on any atom is -0.275 e. The first kappa shape index (κ1) is 21.2. The van der Waals surface area contributed by atoms with Crippen LogP contribution in [0.1, 0.15) is 0 Å². The summed E-state index contributed by atoms with van der Waals surface area (Å²) in [5.74, 6) is 1.85. The molecule has 0 radical (unpaired) electrons. The second-order valence-corrected chi connectivity index (χ2v) is 10.2. The Morgan fingerprint density at radius 3 is 1.97 bits per heavy atom. The molecule has 4 aromatic heterocycles. The molecule has 0 bridgehead atoms. The second kappa shape index (κ2) is 8.30. The topological polar surface area (TPSA) is 56.5 Å². The van der Waals surface area contributed by atoms with Gasteiger partial charge in [0, 0.05) is 42.9 Å². The first-order valence-electron chi connectivity index (χ1n) is 12.4. The van der Waals surface area contributed by atoms with Gasteiger partial charge in [0.15, 0.2) is 11.6 Å². The average Bonchev–Trinajstić information content (AvgIpc) is 3.53. The van der Waals surface area contributed by atoms with Gasteiger partial charge in [0.05, 0.1) is 16.6 Å². The van der Waals surface area contributed by atoms with Crippen molar-refractivity contribution in [2.45, 2.75) is 0 Å². The van der Waals surface area contributed by atoms with E-state index in [1.165, 1.54) is 20.2 Å². The Hall–Kier alpha value is -4.94. The van der Waals surface area contributed by atoms with E-state index in [4.69, 9.17) is 19.9 Å². The largest absolute Gasteiger partial charge is 0.275 e. The van der Waals surface area contributed by atoms with Crippen molar-refractivity contribution in [2.24, 2.45) is 0 Å². The molecule has 5 nitrogen and oxygen atoms in total. The normalized spacial score (nSPS) is 11.7. The van der Waals surface area contributed by atoms with Crippen LogP contribution in [0.15, 0.2) is 115 Å². The van der Waals surface area contributed by atoms with Gasteiger partial charge < -0.3 is 0 Å². The Bertz CT molecular complexity index is 2070. The highest BCUT2D eigenvalue weighted by atomic mass is 32.1. The monoisotopic (exact) mass is 505 g/mol. The highest BCUT2D eigenvalue weighted by Crippen LogP contribution is 2.42. The summed E-state index contributed by atoms with van der Waals surface area (Å²) < 4.78 is 4.65. The Balaban J connectivity index is 1.54. The van der Waals surface area contributed by atoms with Gasteiger partial charge in [0.1, 0.15) is 0 Å². The molecule has 38 heavy (non-hydrogen) atoms. The lowest BCUT2D eigenvalue weighted by atomic mass is 10.1. The molecule has 0 atom stereocenters. The SMILES string of the molecule is c1ccc(-c2nc(-c3ccccc3)nc(-n3c4cccnc4c4ccc5sc6ccccc6c5c43)n2)cc1. The van der Waals surface area contributed by atoms with Gasteiger partial charge in [-0.25, -0.2) is 4.98 Å². The van der Waals surface area contributed by atoms with Crippen molar-refractivity contribution >= 4 is 53.4 Å². The van der Waals surface area contributed by atoms with Crippen LogP contribution >= 0.6 is 11.3 Å². The fraction of sp³-hybridized carbons (Fsp3) is 0. The van der Waals surface area contributed by atoms with Gasteiger partial charge in [-0.2, -0.15) is 9.97 Å². The molecule has 0 saturated carbocycles. The van der Waals surface area contributed by atoms with Gasteiger partial charge in [0.2, 0.25) is 5.95 Å². The lowest BCUT2D eigenvalue weighted by Crippen LogP contribution is -2.06. The molecule has 0 aliphatic carbocycles. The molecule has 178 valence electrons. The van der Waals surface area contributed by atoms with E-state index in [0.29, 0.717) is 17.6 Å². The van der Waals surface area contributed by atoms with Crippen LogP contribution in [0, 0.1) is 0 Å². The van der Waals surface area contributed by atoms with Gasteiger partial charge >= 0.3 is 0 Å². The van der Waals surface area contributed by atoms with Crippen molar-refractivity contribution in [3.8, 4) is 28.7 Å². The molecule has 8 rings (SSSR count). The molecule has 0 fully saturated rings. The summed E-state index contributed by atoms with van der Waals surface area (Å²) >= 11 is 1.80. The molecular weight excluding hydrogens is 486 g/mol. The number of nitrogens with zero attached hydrogens (tertiary/aromatic N) is 5. The molecule has 6 heteroatoms. The third kappa shape index (κ3) is 3.17. The number of hydrogen-bond acceptors (Lipinski definition) is 5. The summed E-state index contributed by atoms with van der Waals surface area (Å²) in [6.07, 6.45) is 1.85. The van der Waals surface area contributed by atoms with Gasteiger partial charge in [-0.15, -0.1) is 11.3 Å². The minimum absolute atomic E-state index is 0.577. The fourth-order valence-corrected chi connectivity index (χ4v) is 6.34. The summed E-state index contributed by atoms with van der Waals surface area (Å²) in [6, 6.07) is 37.2. The van der Waals surface area contributed by atoms with Gasteiger partial charge in [-0.05, 0) is 30.3 Å². The number of hydrogen-bond donors (Lipinski definition) is 0. The second-order valence-electron chi connectivity index (χ2n) is 9.15. The van der Waals surface area contributed by atoms with Crippen LogP contribution in [0.2, 0.25) is 0 Å². The van der Waals surface area contributed by atoms with Crippen molar-refractivity contribution in [1.82, 2.24) is 24.5 Å². The number of rotatable bonds is 3. The van der Waals surface area contributed by atoms with Crippen LogP contribution in [0.5, 0.6) is 0 Å². The zero-order chi connectivity index (χ0) is 25.1. The average molecular weight is 506 g/mol. The van der Waals surface area contributed by atoms with Crippen LogP contribution in [-0.2, 0) is 0 Å². The van der Waals surface area contributed by atoms with E-state index in [1.54, 1.807) is 11.3 Å². The molecule has 8 aromatic rings. The van der Waals surface area contributed by atoms with E-state index in [2.05, 4.69) is 47.0 Å². The molecule has 4 aromatic carbocycles. The van der Waals surface area contributed by atoms with Crippen LogP contribution in [0.4, 0.5) is 0 Å². The van der Waals surface area contributed by atoms with E-state index >= 15 is 0 Å². The van der Waals surface area contributed by atoms with Crippen molar-refractivity contribution in [3.63, 3.8) is 0 Å². The number of aromatic nitrogens is 5. The Labute approximate surface area is 221 Å². The number of benzene rings is 4. The Morgan fingerprint density at radius 1 is 0.553 bits per heavy atom. The van der Waals surface area contributed by atoms with Crippen LogP contribution < -0.4 is 0 Å². The summed E-state index contributed by atoms with van der Waals surface area (Å²) in [5.41, 5.74) is 4.85. The molecule has 0 saturated heterocycles. The maximum Gasteiger partial charge on any atom is 0.238 e. The lowest BCUT2D eigenvalue weighted by Gasteiger charge is -2.11. The van der Waals surface area contributed by atoms with E-state index in [-0.39, 0.29) is 0 Å². The quantitative estimate of drug-likeness (QED) is 0.244. The van der Waals surface area contributed by atoms with Crippen molar-refractivity contribution in [2.75, 3.05) is 0 Å². The fourth-order valence-electron chi connectivity index (χ4n) is 5.23. The van der Waals surface area contributed by atoms with Crippen molar-refractivity contribution < 1.29 is 0 Å². The van der Waals surface area contributed by atoms with Crippen LogP contribution in [0.25, 0.3) is 70.8 Å². The smallest absolute Gasteiger partial charge is 0.238 e. The van der Waals surface area contributed by atoms with Gasteiger partial charge in [-0.1, -0.05) is 78.9 Å². The Kier molecular flexibility index (Phi) is 4.62. The van der Waals surface area contributed by atoms with Crippen molar-refractivity contribution in [1.29, 1.82) is 0 Å². The van der Waals surface area contributed by atoms with Crippen molar-refractivity contribution in [3.05, 3.63) is 115 Å². The molecule has 0 aliphatic heterocycles. The van der Waals surface area contributed by atoms with E-state index < -0.39 is 0 Å². The van der Waals surface area contributed by atoms with Gasteiger partial charge in [0.25, 0.3) is 0 Å². The molecule has 0 N–H and O–H groups in total. The third-order valence-corrected chi connectivity index (χ3v) is 8.05. The summed E-state index contributed by atoms with van der Waals surface area (Å²) in [7, 11) is 0. The standard InChI is InChI=1S/C32H19N5S/c1-3-10-20(11-4-1)30-34-31(21-12-5-2-6-13-21)36-32(35-30)37-24-15-9-19-33-28(24)23-17-18-26-27(29(23)37)22-14-7-8-16-25(22)38-26/h1-19H. The minimum atomic E-state index is 0.577. The Morgan fingerprint density at radius 2 is 1.24 bits per heavy atom. The molecule has 0 amide bonds. The highest BCUT2D eigenvalue weighted by Gasteiger charge is 2.21. The van der Waals surface area contributed by atoms with E-state index in [0.717, 1.165) is 33.1 Å². The first-order valence-corrected chi connectivity index (χ1v) is 13.2. The third-order valence-electron chi connectivity index (χ3n) is 6.91. The molecule has 4 heterocycles. The number of thiophene rings is 1. The maximum absolute atomic E-state index is 5.06. The van der Waals surface area contributed by atoms with Crippen LogP contribution in [-0.4, -0.2) is 24.5 Å². The zero-order valence-corrected chi connectivity index (χ0v) is 20.9. The summed E-state index contributed by atoms with van der Waals surface area (Å²) in [5, 5.41) is 3.51. The maximum atomic E-state index is 5.06. The molecule has 0 aliphatic rings. The van der Waals surface area contributed by atoms with Gasteiger partial charge in [-0.3, -0.25) is 9.55 Å². The zero-order valence-electron chi connectivity index (χ0n) is 20.1. The number of fused-ring (bicyclic) bond motifs is 7. The molecular formula is C32H19N5S. The highest BCUT2D eigenvalue weighted by molar-refractivity contribution is 7.26. The van der Waals surface area contributed by atoms with E-state index in [1.807, 2.05) is 72.9 Å². The lowest BCUT2D eigenvalue weighted by molar-refractivity contribution is 0.954. The molecule has 0 spiro atoms. The van der Waals surface area contributed by atoms with E-state index in [9.17, 15) is 0 Å². The predicted octanol–water partition coefficient (Wildman–Crippen LogP) is 8.07. The summed E-state index contributed by atoms with van der Waals surface area (Å²) in [4.78, 5) is 19.8. The summed E-state index contributed by atoms with van der Waals surface area (Å²) in [6.45, 7) is 0. The molecule has 0 unspecified atom stereocenters. The predicted molar refractivity (Wildman–Crippen MR) is 156 cm³/mol.